The zero-order valence-corrected chi connectivity index (χ0v) is 20.8. The van der Waals surface area contributed by atoms with Crippen LogP contribution in [0.15, 0.2) is 30.7 Å². The molecule has 0 saturated carbocycles. The highest BCUT2D eigenvalue weighted by atomic mass is 19.4. The lowest BCUT2D eigenvalue weighted by atomic mass is 10.0. The number of pyridine rings is 2. The number of anilines is 1. The highest BCUT2D eigenvalue weighted by molar-refractivity contribution is 6.10. The number of halogens is 3. The molecule has 198 valence electrons. The molecule has 0 unspecified atom stereocenters. The smallest absolute Gasteiger partial charge is 0.408 e. The highest BCUT2D eigenvalue weighted by Crippen LogP contribution is 2.34. The second-order valence-corrected chi connectivity index (χ2v) is 8.59. The highest BCUT2D eigenvalue weighted by Gasteiger charge is 2.34. The minimum atomic E-state index is -4.41. The molecule has 37 heavy (non-hydrogen) atoms. The molecule has 0 atom stereocenters. The quantitative estimate of drug-likeness (QED) is 0.343. The van der Waals surface area contributed by atoms with Gasteiger partial charge in [0.2, 0.25) is 0 Å². The third-order valence-corrected chi connectivity index (χ3v) is 5.77. The Morgan fingerprint density at radius 3 is 2.68 bits per heavy atom. The number of methoxy groups -OCH3 is 1. The summed E-state index contributed by atoms with van der Waals surface area (Å²) in [5.74, 6) is 0.430. The predicted molar refractivity (Wildman–Crippen MR) is 129 cm³/mol. The van der Waals surface area contributed by atoms with Gasteiger partial charge in [-0.05, 0) is 31.0 Å². The Morgan fingerprint density at radius 2 is 1.95 bits per heavy atom. The predicted octanol–water partition coefficient (Wildman–Crippen LogP) is 4.58. The number of hydrogen-bond donors (Lipinski definition) is 0. The van der Waals surface area contributed by atoms with Gasteiger partial charge in [0.15, 0.2) is 5.75 Å². The summed E-state index contributed by atoms with van der Waals surface area (Å²) in [4.78, 5) is 23.4. The molecule has 1 amide bonds. The molecule has 0 aromatic carbocycles. The van der Waals surface area contributed by atoms with Gasteiger partial charge in [0.25, 0.3) is 11.8 Å². The lowest BCUT2D eigenvalue weighted by Gasteiger charge is -2.12. The number of hydrogen-bond acceptors (Lipinski definition) is 7. The third kappa shape index (κ3) is 6.19. The molecule has 0 N–H and O–H groups in total. The molecule has 0 fully saturated rings. The van der Waals surface area contributed by atoms with Crippen molar-refractivity contribution in [3.8, 4) is 22.9 Å². The number of ether oxygens (including phenoxy) is 3. The summed E-state index contributed by atoms with van der Waals surface area (Å²) in [6.07, 6.45) is 1.68. The van der Waals surface area contributed by atoms with E-state index in [0.29, 0.717) is 59.5 Å². The van der Waals surface area contributed by atoms with Crippen LogP contribution in [-0.4, -0.2) is 58.8 Å². The number of rotatable bonds is 11. The van der Waals surface area contributed by atoms with Crippen molar-refractivity contribution < 1.29 is 32.2 Å². The van der Waals surface area contributed by atoms with Gasteiger partial charge in [0.1, 0.15) is 13.2 Å². The van der Waals surface area contributed by atoms with E-state index in [1.807, 2.05) is 0 Å². The normalized spacial score (nSPS) is 13.2. The van der Waals surface area contributed by atoms with Crippen molar-refractivity contribution in [3.05, 3.63) is 47.5 Å². The van der Waals surface area contributed by atoms with Crippen molar-refractivity contribution in [2.24, 2.45) is 0 Å². The van der Waals surface area contributed by atoms with Gasteiger partial charge >= 0.3 is 6.18 Å². The summed E-state index contributed by atoms with van der Waals surface area (Å²) in [7, 11) is 1.50. The van der Waals surface area contributed by atoms with Crippen LogP contribution < -0.4 is 14.4 Å². The van der Waals surface area contributed by atoms with E-state index < -0.39 is 12.7 Å². The lowest BCUT2D eigenvalue weighted by Crippen LogP contribution is -2.23. The van der Waals surface area contributed by atoms with E-state index in [1.165, 1.54) is 24.4 Å². The van der Waals surface area contributed by atoms with E-state index in [4.69, 9.17) is 14.2 Å². The van der Waals surface area contributed by atoms with Gasteiger partial charge in [-0.1, -0.05) is 13.3 Å². The van der Waals surface area contributed by atoms with Crippen molar-refractivity contribution in [3.63, 3.8) is 0 Å². The second-order valence-electron chi connectivity index (χ2n) is 8.59. The molecule has 12 heteroatoms. The number of carbonyl (C=O) groups is 1. The molecule has 9 nitrogen and oxygen atoms in total. The summed E-state index contributed by atoms with van der Waals surface area (Å²) in [6, 6.07) is 3.54. The largest absolute Gasteiger partial charge is 0.486 e. The standard InChI is InChI=1S/C25H28F3N5O4/c1-4-5-6-36-7-8-37-21-10-17(11-29-23(21)35-3)19-9-16(2)22-20(31-19)14-33(24(22)34)18-12-30-32(13-18)15-25(26,27)28/h9-13H,4-8,14-15H2,1-3H3. The number of nitrogens with zero attached hydrogens (tertiary/aromatic N) is 5. The van der Waals surface area contributed by atoms with E-state index in [2.05, 4.69) is 22.0 Å². The summed E-state index contributed by atoms with van der Waals surface area (Å²) >= 11 is 0. The first-order valence-corrected chi connectivity index (χ1v) is 11.9. The van der Waals surface area contributed by atoms with Crippen molar-refractivity contribution in [2.75, 3.05) is 31.8 Å². The van der Waals surface area contributed by atoms with E-state index in [-0.39, 0.29) is 18.1 Å². The molecule has 4 rings (SSSR count). The van der Waals surface area contributed by atoms with Crippen molar-refractivity contribution in [1.82, 2.24) is 19.7 Å². The average Bonchev–Trinajstić information content (AvgIpc) is 3.44. The Morgan fingerprint density at radius 1 is 1.14 bits per heavy atom. The van der Waals surface area contributed by atoms with Crippen LogP contribution in [0.1, 0.15) is 41.4 Å². The Labute approximate surface area is 212 Å². The van der Waals surface area contributed by atoms with Gasteiger partial charge < -0.3 is 14.2 Å². The Bertz CT molecular complexity index is 1260. The minimum Gasteiger partial charge on any atom is -0.486 e. The number of aryl methyl sites for hydroxylation is 1. The molecule has 1 aliphatic heterocycles. The van der Waals surface area contributed by atoms with Gasteiger partial charge in [-0.25, -0.2) is 4.98 Å². The van der Waals surface area contributed by atoms with Crippen LogP contribution in [-0.2, 0) is 17.8 Å². The van der Waals surface area contributed by atoms with Crippen LogP contribution in [0.5, 0.6) is 11.6 Å². The topological polar surface area (TPSA) is 91.6 Å². The molecule has 0 bridgehead atoms. The molecule has 3 aromatic rings. The maximum atomic E-state index is 13.1. The molecule has 0 saturated heterocycles. The molecule has 0 spiro atoms. The number of fused-ring (bicyclic) bond motifs is 1. The van der Waals surface area contributed by atoms with Gasteiger partial charge in [-0.15, -0.1) is 0 Å². The average molecular weight is 520 g/mol. The Kier molecular flexibility index (Phi) is 7.96. The summed E-state index contributed by atoms with van der Waals surface area (Å²) in [5, 5.41) is 3.74. The van der Waals surface area contributed by atoms with E-state index >= 15 is 0 Å². The third-order valence-electron chi connectivity index (χ3n) is 5.77. The van der Waals surface area contributed by atoms with Gasteiger partial charge in [-0.3, -0.25) is 19.4 Å². The van der Waals surface area contributed by atoms with Crippen molar-refractivity contribution >= 4 is 11.6 Å². The van der Waals surface area contributed by atoms with Crippen LogP contribution in [0.25, 0.3) is 11.3 Å². The molecule has 4 heterocycles. The van der Waals surface area contributed by atoms with Gasteiger partial charge in [0.05, 0.1) is 49.1 Å². The van der Waals surface area contributed by atoms with Crippen LogP contribution in [0, 0.1) is 6.92 Å². The number of unbranched alkanes of at least 4 members (excludes halogenated alkanes) is 1. The van der Waals surface area contributed by atoms with Crippen LogP contribution >= 0.6 is 0 Å². The Hall–Kier alpha value is -3.67. The Balaban J connectivity index is 1.53. The number of alkyl halides is 3. The second kappa shape index (κ2) is 11.2. The molecule has 0 radical (unpaired) electrons. The summed E-state index contributed by atoms with van der Waals surface area (Å²) < 4.78 is 55.6. The zero-order chi connectivity index (χ0) is 26.6. The van der Waals surface area contributed by atoms with Crippen LogP contribution in [0.2, 0.25) is 0 Å². The maximum absolute atomic E-state index is 13.1. The monoisotopic (exact) mass is 519 g/mol. The zero-order valence-electron chi connectivity index (χ0n) is 20.8. The van der Waals surface area contributed by atoms with E-state index in [0.717, 1.165) is 17.5 Å². The van der Waals surface area contributed by atoms with E-state index in [9.17, 15) is 18.0 Å². The molecule has 3 aromatic heterocycles. The lowest BCUT2D eigenvalue weighted by molar-refractivity contribution is -0.142. The summed E-state index contributed by atoms with van der Waals surface area (Å²) in [6.45, 7) is 4.20. The first-order chi connectivity index (χ1) is 17.7. The van der Waals surface area contributed by atoms with Crippen molar-refractivity contribution in [2.45, 2.75) is 46.0 Å². The first kappa shape index (κ1) is 26.4. The van der Waals surface area contributed by atoms with E-state index in [1.54, 1.807) is 25.3 Å². The molecular weight excluding hydrogens is 491 g/mol. The number of amides is 1. The number of carbonyl (C=O) groups excluding carboxylic acids is 1. The van der Waals surface area contributed by atoms with Crippen LogP contribution in [0.4, 0.5) is 18.9 Å². The van der Waals surface area contributed by atoms with Crippen LogP contribution in [0.3, 0.4) is 0 Å². The molecule has 1 aliphatic rings. The number of aromatic nitrogens is 4. The fourth-order valence-corrected chi connectivity index (χ4v) is 4.01. The van der Waals surface area contributed by atoms with Gasteiger partial charge in [-0.2, -0.15) is 18.3 Å². The minimum absolute atomic E-state index is 0.114. The SMILES string of the molecule is CCCCOCCOc1cc(-c2cc(C)c3c(n2)CN(c2cnn(CC(F)(F)F)c2)C3=O)cnc1OC. The molecular formula is C25H28F3N5O4. The van der Waals surface area contributed by atoms with Gasteiger partial charge in [0, 0.05) is 24.6 Å². The molecule has 0 aliphatic carbocycles. The maximum Gasteiger partial charge on any atom is 0.408 e. The fraction of sp³-hybridized carbons (Fsp3) is 0.440. The van der Waals surface area contributed by atoms with Crippen molar-refractivity contribution in [1.29, 1.82) is 0 Å². The fourth-order valence-electron chi connectivity index (χ4n) is 4.01. The summed E-state index contributed by atoms with van der Waals surface area (Å²) in [5.41, 5.74) is 3.16. The first-order valence-electron chi connectivity index (χ1n) is 11.9.